The van der Waals surface area contributed by atoms with Crippen LogP contribution in [0.15, 0.2) is 81.7 Å². The fourth-order valence-corrected chi connectivity index (χ4v) is 2.64. The lowest BCUT2D eigenvalue weighted by molar-refractivity contribution is 0.0682. The molecule has 0 bridgehead atoms. The van der Waals surface area contributed by atoms with Crippen LogP contribution in [0.1, 0.15) is 20.7 Å². The van der Waals surface area contributed by atoms with Crippen molar-refractivity contribution in [3.63, 3.8) is 0 Å². The van der Waals surface area contributed by atoms with Gasteiger partial charge in [0.05, 0.1) is 11.1 Å². The van der Waals surface area contributed by atoms with Gasteiger partial charge in [-0.3, -0.25) is 0 Å². The molecule has 0 spiro atoms. The van der Waals surface area contributed by atoms with Gasteiger partial charge in [-0.05, 0) is 60.7 Å². The van der Waals surface area contributed by atoms with E-state index in [0.717, 1.165) is 8.95 Å². The third-order valence-electron chi connectivity index (χ3n) is 3.41. The maximum Gasteiger partial charge on any atom is 0.343 e. The Bertz CT molecular complexity index is 856. The lowest BCUT2D eigenvalue weighted by Gasteiger charge is -2.10. The normalized spacial score (nSPS) is 10.2. The van der Waals surface area contributed by atoms with Crippen LogP contribution in [0, 0.1) is 0 Å². The summed E-state index contributed by atoms with van der Waals surface area (Å²) in [6.07, 6.45) is 0. The van der Waals surface area contributed by atoms with Gasteiger partial charge >= 0.3 is 11.9 Å². The van der Waals surface area contributed by atoms with E-state index in [1.54, 1.807) is 72.8 Å². The first kappa shape index (κ1) is 18.4. The molecule has 0 unspecified atom stereocenters. The topological polar surface area (TPSA) is 52.6 Å². The molecule has 3 aromatic carbocycles. The fraction of sp³-hybridized carbons (Fsp3) is 0. The van der Waals surface area contributed by atoms with E-state index >= 15 is 0 Å². The van der Waals surface area contributed by atoms with Gasteiger partial charge in [0.2, 0.25) is 0 Å². The number of para-hydroxylation sites is 2. The van der Waals surface area contributed by atoms with Gasteiger partial charge in [-0.15, -0.1) is 0 Å². The van der Waals surface area contributed by atoms with Crippen LogP contribution in [-0.2, 0) is 0 Å². The molecule has 0 atom stereocenters. The predicted octanol–water partition coefficient (Wildman–Crippen LogP) is 5.65. The van der Waals surface area contributed by atoms with Crippen molar-refractivity contribution >= 4 is 43.8 Å². The Hall–Kier alpha value is -2.44. The summed E-state index contributed by atoms with van der Waals surface area (Å²) >= 11 is 6.63. The van der Waals surface area contributed by atoms with Crippen molar-refractivity contribution in [3.8, 4) is 11.5 Å². The smallest absolute Gasteiger partial charge is 0.343 e. The summed E-state index contributed by atoms with van der Waals surface area (Å²) in [6, 6.07) is 20.1. The van der Waals surface area contributed by atoms with Crippen molar-refractivity contribution in [2.45, 2.75) is 0 Å². The van der Waals surface area contributed by atoms with Gasteiger partial charge < -0.3 is 9.47 Å². The maximum atomic E-state index is 12.3. The van der Waals surface area contributed by atoms with Crippen LogP contribution in [0.3, 0.4) is 0 Å². The lowest BCUT2D eigenvalue weighted by atomic mass is 10.2. The molecule has 26 heavy (non-hydrogen) atoms. The molecular formula is C20H12Br2O4. The number of hydrogen-bond acceptors (Lipinski definition) is 4. The van der Waals surface area contributed by atoms with E-state index in [-0.39, 0.29) is 11.5 Å². The molecule has 3 aromatic rings. The van der Waals surface area contributed by atoms with Crippen LogP contribution < -0.4 is 9.47 Å². The molecule has 0 aliphatic rings. The number of hydrogen-bond donors (Lipinski definition) is 0. The highest BCUT2D eigenvalue weighted by molar-refractivity contribution is 9.10. The molecule has 3 rings (SSSR count). The Labute approximate surface area is 167 Å². The van der Waals surface area contributed by atoms with Crippen LogP contribution in [-0.4, -0.2) is 11.9 Å². The molecule has 4 nitrogen and oxygen atoms in total. The second-order valence-electron chi connectivity index (χ2n) is 5.24. The number of esters is 2. The summed E-state index contributed by atoms with van der Waals surface area (Å²) in [5.41, 5.74) is 0.782. The number of rotatable bonds is 4. The Kier molecular flexibility index (Phi) is 5.85. The molecule has 130 valence electrons. The maximum absolute atomic E-state index is 12.3. The van der Waals surface area contributed by atoms with Gasteiger partial charge in [-0.2, -0.15) is 0 Å². The number of halogens is 2. The minimum absolute atomic E-state index is 0.172. The van der Waals surface area contributed by atoms with Gasteiger partial charge in [0.25, 0.3) is 0 Å². The quantitative estimate of drug-likeness (QED) is 0.361. The SMILES string of the molecule is O=C(Oc1ccccc1OC(=O)c1ccc(Br)cc1)c1ccc(Br)cc1. The van der Waals surface area contributed by atoms with E-state index in [1.165, 1.54) is 0 Å². The number of carbonyl (C=O) groups excluding carboxylic acids is 2. The van der Waals surface area contributed by atoms with E-state index in [1.807, 2.05) is 0 Å². The second kappa shape index (κ2) is 8.29. The molecule has 0 heterocycles. The van der Waals surface area contributed by atoms with Crippen molar-refractivity contribution in [2.24, 2.45) is 0 Å². The predicted molar refractivity (Wildman–Crippen MR) is 105 cm³/mol. The molecule has 0 aliphatic heterocycles. The summed E-state index contributed by atoms with van der Waals surface area (Å²) in [4.78, 5) is 24.6. The van der Waals surface area contributed by atoms with E-state index in [0.29, 0.717) is 11.1 Å². The van der Waals surface area contributed by atoms with Gasteiger partial charge in [0.1, 0.15) is 0 Å². The van der Waals surface area contributed by atoms with Gasteiger partial charge in [0.15, 0.2) is 11.5 Å². The first-order valence-corrected chi connectivity index (χ1v) is 9.16. The van der Waals surface area contributed by atoms with Crippen LogP contribution in [0.25, 0.3) is 0 Å². The Morgan fingerprint density at radius 1 is 0.577 bits per heavy atom. The number of benzene rings is 3. The van der Waals surface area contributed by atoms with Crippen molar-refractivity contribution in [1.82, 2.24) is 0 Å². The molecule has 0 radical (unpaired) electrons. The van der Waals surface area contributed by atoms with Gasteiger partial charge in [-0.1, -0.05) is 44.0 Å². The molecular weight excluding hydrogens is 464 g/mol. The van der Waals surface area contributed by atoms with E-state index in [4.69, 9.17) is 9.47 Å². The third kappa shape index (κ3) is 4.59. The highest BCUT2D eigenvalue weighted by atomic mass is 79.9. The minimum Gasteiger partial charge on any atom is -0.419 e. The highest BCUT2D eigenvalue weighted by Crippen LogP contribution is 2.28. The van der Waals surface area contributed by atoms with Crippen LogP contribution >= 0.6 is 31.9 Å². The zero-order valence-electron chi connectivity index (χ0n) is 13.3. The molecule has 6 heteroatoms. The van der Waals surface area contributed by atoms with Crippen molar-refractivity contribution in [3.05, 3.63) is 92.9 Å². The molecule has 0 saturated heterocycles. The largest absolute Gasteiger partial charge is 0.419 e. The van der Waals surface area contributed by atoms with Crippen molar-refractivity contribution in [1.29, 1.82) is 0 Å². The Morgan fingerprint density at radius 2 is 0.923 bits per heavy atom. The highest BCUT2D eigenvalue weighted by Gasteiger charge is 2.15. The molecule has 0 saturated carbocycles. The summed E-state index contributed by atoms with van der Waals surface area (Å²) in [5, 5.41) is 0. The van der Waals surface area contributed by atoms with Crippen molar-refractivity contribution < 1.29 is 19.1 Å². The fourth-order valence-electron chi connectivity index (χ4n) is 2.11. The number of ether oxygens (including phenoxy) is 2. The van der Waals surface area contributed by atoms with Gasteiger partial charge in [-0.25, -0.2) is 9.59 Å². The van der Waals surface area contributed by atoms with E-state index in [2.05, 4.69) is 31.9 Å². The zero-order chi connectivity index (χ0) is 18.5. The van der Waals surface area contributed by atoms with Crippen LogP contribution in [0.5, 0.6) is 11.5 Å². The third-order valence-corrected chi connectivity index (χ3v) is 4.47. The van der Waals surface area contributed by atoms with Gasteiger partial charge in [0, 0.05) is 8.95 Å². The monoisotopic (exact) mass is 474 g/mol. The van der Waals surface area contributed by atoms with E-state index < -0.39 is 11.9 Å². The number of carbonyl (C=O) groups is 2. The molecule has 0 aromatic heterocycles. The first-order chi connectivity index (χ1) is 12.5. The average Bonchev–Trinajstić information content (AvgIpc) is 2.64. The van der Waals surface area contributed by atoms with E-state index in [9.17, 15) is 9.59 Å². The zero-order valence-corrected chi connectivity index (χ0v) is 16.5. The standard InChI is InChI=1S/C20H12Br2O4/c21-15-9-5-13(6-10-15)19(23)25-17-3-1-2-4-18(17)26-20(24)14-7-11-16(22)12-8-14/h1-12H. The minimum atomic E-state index is -0.537. The first-order valence-electron chi connectivity index (χ1n) is 7.57. The summed E-state index contributed by atoms with van der Waals surface area (Å²) in [5.74, 6) is -0.731. The van der Waals surface area contributed by atoms with Crippen LogP contribution in [0.4, 0.5) is 0 Å². The molecule has 0 fully saturated rings. The Balaban J connectivity index is 1.77. The average molecular weight is 476 g/mol. The summed E-state index contributed by atoms with van der Waals surface area (Å²) in [7, 11) is 0. The van der Waals surface area contributed by atoms with Crippen molar-refractivity contribution in [2.75, 3.05) is 0 Å². The summed E-state index contributed by atoms with van der Waals surface area (Å²) in [6.45, 7) is 0. The summed E-state index contributed by atoms with van der Waals surface area (Å²) < 4.78 is 12.5. The second-order valence-corrected chi connectivity index (χ2v) is 7.07. The Morgan fingerprint density at radius 3 is 1.27 bits per heavy atom. The lowest BCUT2D eigenvalue weighted by Crippen LogP contribution is -2.12. The van der Waals surface area contributed by atoms with Crippen LogP contribution in [0.2, 0.25) is 0 Å². The molecule has 0 N–H and O–H groups in total. The molecule has 0 aliphatic carbocycles. The molecule has 0 amide bonds.